The summed E-state index contributed by atoms with van der Waals surface area (Å²) in [7, 11) is 0. The summed E-state index contributed by atoms with van der Waals surface area (Å²) in [5.41, 5.74) is 3.92. The van der Waals surface area contributed by atoms with Crippen molar-refractivity contribution in [2.75, 3.05) is 19.6 Å². The smallest absolute Gasteiger partial charge is 0.408 e. The molecule has 1 N–H and O–H groups in total. The van der Waals surface area contributed by atoms with E-state index in [0.717, 1.165) is 66.9 Å². The molecular formula is C29H37FN2O3. The number of carboxylic acid groups (broad SMARTS) is 1. The molecule has 35 heavy (non-hydrogen) atoms. The van der Waals surface area contributed by atoms with Crippen LogP contribution in [0.15, 0.2) is 30.3 Å². The van der Waals surface area contributed by atoms with Crippen LogP contribution in [0.3, 0.4) is 0 Å². The normalized spacial score (nSPS) is 26.6. The van der Waals surface area contributed by atoms with E-state index in [2.05, 4.69) is 18.7 Å². The minimum Gasteiger partial charge on any atom is -0.491 e. The summed E-state index contributed by atoms with van der Waals surface area (Å²) in [5, 5.41) is 10.4. The SMILES string of the molecule is Cc1cc(OC(C)C)ccc1-c1cc2c(cc1F)[C@H](N(C(=O)O)[C@@H]1CN3CCC1CC3)C(C)(C)C2. The molecule has 1 aliphatic carbocycles. The van der Waals surface area contributed by atoms with E-state index in [1.54, 1.807) is 11.0 Å². The standard InChI is InChI=1S/C29H37FN2O3/c1-17(2)35-21-6-7-22(18(3)12-21)24-13-20-15-29(4,5)27(23(20)14-25(24)30)32(28(33)34)26-16-31-10-8-19(26)9-11-31/h6-7,12-14,17,19,26-27H,8-11,15-16H2,1-5H3,(H,33,34)/t26-,27+/m1/s1. The molecule has 3 aliphatic heterocycles. The predicted molar refractivity (Wildman–Crippen MR) is 135 cm³/mol. The summed E-state index contributed by atoms with van der Waals surface area (Å²) in [6, 6.07) is 8.94. The molecule has 2 aromatic carbocycles. The first kappa shape index (κ1) is 24.1. The Morgan fingerprint density at radius 2 is 1.89 bits per heavy atom. The quantitative estimate of drug-likeness (QED) is 0.547. The van der Waals surface area contributed by atoms with E-state index in [-0.39, 0.29) is 29.4 Å². The molecule has 4 aliphatic rings. The van der Waals surface area contributed by atoms with Crippen molar-refractivity contribution in [3.05, 3.63) is 52.8 Å². The molecule has 6 heteroatoms. The zero-order valence-electron chi connectivity index (χ0n) is 21.5. The Hall–Kier alpha value is -2.60. The van der Waals surface area contributed by atoms with Gasteiger partial charge in [-0.1, -0.05) is 19.9 Å². The van der Waals surface area contributed by atoms with Crippen LogP contribution >= 0.6 is 0 Å². The third kappa shape index (κ3) is 4.31. The second-order valence-electron chi connectivity index (χ2n) is 11.6. The Balaban J connectivity index is 1.53. The number of benzene rings is 2. The lowest BCUT2D eigenvalue weighted by Crippen LogP contribution is -2.60. The molecule has 2 aromatic rings. The summed E-state index contributed by atoms with van der Waals surface area (Å²) in [4.78, 5) is 16.8. The Labute approximate surface area is 207 Å². The van der Waals surface area contributed by atoms with E-state index >= 15 is 4.39 Å². The average molecular weight is 481 g/mol. The highest BCUT2D eigenvalue weighted by atomic mass is 19.1. The van der Waals surface area contributed by atoms with Gasteiger partial charge in [-0.3, -0.25) is 4.90 Å². The second kappa shape index (κ2) is 8.81. The molecule has 0 spiro atoms. The topological polar surface area (TPSA) is 53.0 Å². The molecule has 0 radical (unpaired) electrons. The highest BCUT2D eigenvalue weighted by Crippen LogP contribution is 2.52. The number of piperidine rings is 3. The maximum absolute atomic E-state index is 15.7. The number of carbonyl (C=O) groups is 1. The van der Waals surface area contributed by atoms with Crippen molar-refractivity contribution in [2.24, 2.45) is 11.3 Å². The first-order valence-electron chi connectivity index (χ1n) is 12.9. The van der Waals surface area contributed by atoms with Crippen molar-refractivity contribution in [1.82, 2.24) is 9.80 Å². The van der Waals surface area contributed by atoms with Crippen LogP contribution in [0.2, 0.25) is 0 Å². The minimum atomic E-state index is -0.893. The number of aryl methyl sites for hydroxylation is 1. The molecule has 1 amide bonds. The molecule has 5 nitrogen and oxygen atoms in total. The van der Waals surface area contributed by atoms with Crippen molar-refractivity contribution in [1.29, 1.82) is 0 Å². The minimum absolute atomic E-state index is 0.0382. The van der Waals surface area contributed by atoms with E-state index in [9.17, 15) is 9.90 Å². The van der Waals surface area contributed by atoms with Gasteiger partial charge in [0.2, 0.25) is 0 Å². The monoisotopic (exact) mass is 480 g/mol. The third-order valence-electron chi connectivity index (χ3n) is 8.25. The van der Waals surface area contributed by atoms with E-state index in [4.69, 9.17) is 4.74 Å². The predicted octanol–water partition coefficient (Wildman–Crippen LogP) is 6.29. The van der Waals surface area contributed by atoms with Crippen LogP contribution in [0.5, 0.6) is 5.75 Å². The number of fused-ring (bicyclic) bond motifs is 4. The number of ether oxygens (including phenoxy) is 1. The Bertz CT molecular complexity index is 1140. The van der Waals surface area contributed by atoms with Crippen LogP contribution in [0.25, 0.3) is 11.1 Å². The summed E-state index contributed by atoms with van der Waals surface area (Å²) in [6.45, 7) is 13.1. The van der Waals surface area contributed by atoms with Gasteiger partial charge in [0.05, 0.1) is 18.2 Å². The average Bonchev–Trinajstić information content (AvgIpc) is 3.03. The van der Waals surface area contributed by atoms with Gasteiger partial charge in [0.15, 0.2) is 0 Å². The number of rotatable bonds is 5. The van der Waals surface area contributed by atoms with E-state index in [1.165, 1.54) is 0 Å². The number of amides is 1. The maximum atomic E-state index is 15.7. The number of hydrogen-bond acceptors (Lipinski definition) is 3. The molecule has 3 fully saturated rings. The van der Waals surface area contributed by atoms with E-state index < -0.39 is 6.09 Å². The maximum Gasteiger partial charge on any atom is 0.408 e. The van der Waals surface area contributed by atoms with Crippen LogP contribution < -0.4 is 4.74 Å². The fourth-order valence-electron chi connectivity index (χ4n) is 6.76. The largest absolute Gasteiger partial charge is 0.491 e. The lowest BCUT2D eigenvalue weighted by atomic mass is 9.79. The molecule has 0 aromatic heterocycles. The van der Waals surface area contributed by atoms with Gasteiger partial charge in [0, 0.05) is 12.1 Å². The van der Waals surface area contributed by atoms with Gasteiger partial charge in [-0.25, -0.2) is 9.18 Å². The third-order valence-corrected chi connectivity index (χ3v) is 8.25. The van der Waals surface area contributed by atoms with E-state index in [0.29, 0.717) is 11.5 Å². The first-order chi connectivity index (χ1) is 16.5. The summed E-state index contributed by atoms with van der Waals surface area (Å²) in [5.74, 6) is 0.860. The molecular weight excluding hydrogens is 443 g/mol. The van der Waals surface area contributed by atoms with Crippen LogP contribution in [0.1, 0.15) is 63.3 Å². The molecule has 0 unspecified atom stereocenters. The molecule has 2 bridgehead atoms. The lowest BCUT2D eigenvalue weighted by Gasteiger charge is -2.51. The van der Waals surface area contributed by atoms with Gasteiger partial charge < -0.3 is 14.7 Å². The van der Waals surface area contributed by atoms with Crippen molar-refractivity contribution in [3.63, 3.8) is 0 Å². The second-order valence-corrected chi connectivity index (χ2v) is 11.6. The van der Waals surface area contributed by atoms with Crippen LogP contribution in [0, 0.1) is 24.1 Å². The zero-order chi connectivity index (χ0) is 25.1. The Morgan fingerprint density at radius 3 is 2.46 bits per heavy atom. The molecule has 188 valence electrons. The highest BCUT2D eigenvalue weighted by molar-refractivity contribution is 5.72. The Morgan fingerprint density at radius 1 is 1.17 bits per heavy atom. The summed E-state index contributed by atoms with van der Waals surface area (Å²) in [6.07, 6.45) is 1.98. The van der Waals surface area contributed by atoms with Gasteiger partial charge in [-0.15, -0.1) is 0 Å². The number of nitrogens with zero attached hydrogens (tertiary/aromatic N) is 2. The van der Waals surface area contributed by atoms with Gasteiger partial charge in [0.1, 0.15) is 11.6 Å². The van der Waals surface area contributed by atoms with Gasteiger partial charge in [0.25, 0.3) is 0 Å². The van der Waals surface area contributed by atoms with Crippen molar-refractivity contribution < 1.29 is 19.0 Å². The van der Waals surface area contributed by atoms with Crippen LogP contribution in [-0.2, 0) is 6.42 Å². The highest BCUT2D eigenvalue weighted by Gasteiger charge is 2.50. The van der Waals surface area contributed by atoms with Gasteiger partial charge in [-0.2, -0.15) is 0 Å². The summed E-state index contributed by atoms with van der Waals surface area (Å²) < 4.78 is 21.5. The first-order valence-corrected chi connectivity index (χ1v) is 12.9. The van der Waals surface area contributed by atoms with E-state index in [1.807, 2.05) is 45.0 Å². The molecule has 3 heterocycles. The van der Waals surface area contributed by atoms with Crippen molar-refractivity contribution in [3.8, 4) is 16.9 Å². The zero-order valence-corrected chi connectivity index (χ0v) is 21.5. The molecule has 0 saturated carbocycles. The lowest BCUT2D eigenvalue weighted by molar-refractivity contribution is -0.0267. The van der Waals surface area contributed by atoms with Crippen molar-refractivity contribution in [2.45, 2.75) is 72.1 Å². The van der Waals surface area contributed by atoms with Crippen LogP contribution in [0.4, 0.5) is 9.18 Å². The van der Waals surface area contributed by atoms with Gasteiger partial charge >= 0.3 is 6.09 Å². The fourth-order valence-corrected chi connectivity index (χ4v) is 6.76. The van der Waals surface area contributed by atoms with Crippen LogP contribution in [-0.4, -0.2) is 52.8 Å². The molecule has 2 atom stereocenters. The summed E-state index contributed by atoms with van der Waals surface area (Å²) >= 11 is 0. The number of halogens is 1. The molecule has 6 rings (SSSR count). The van der Waals surface area contributed by atoms with Crippen molar-refractivity contribution >= 4 is 6.09 Å². The number of hydrogen-bond donors (Lipinski definition) is 1. The van der Waals surface area contributed by atoms with Gasteiger partial charge in [-0.05, 0) is 111 Å². The Kier molecular flexibility index (Phi) is 6.07. The molecule has 3 saturated heterocycles. The fraction of sp³-hybridized carbons (Fsp3) is 0.552.